The van der Waals surface area contributed by atoms with E-state index in [4.69, 9.17) is 9.47 Å². The Morgan fingerprint density at radius 3 is 1.62 bits per heavy atom. The minimum absolute atomic E-state index is 0.0664. The van der Waals surface area contributed by atoms with E-state index in [9.17, 15) is 10.2 Å². The topological polar surface area (TPSA) is 83.6 Å². The summed E-state index contributed by atoms with van der Waals surface area (Å²) in [6, 6.07) is 19.5. The van der Waals surface area contributed by atoms with E-state index in [1.54, 1.807) is 36.7 Å². The summed E-state index contributed by atoms with van der Waals surface area (Å²) in [4.78, 5) is 9.06. The first kappa shape index (κ1) is 19.9. The third kappa shape index (κ3) is 5.13. The van der Waals surface area contributed by atoms with Gasteiger partial charge in [-0.25, -0.2) is 0 Å². The molecule has 0 radical (unpaired) electrons. The van der Waals surface area contributed by atoms with Gasteiger partial charge in [0.2, 0.25) is 0 Å². The Balaban J connectivity index is 1.90. The molecule has 0 aromatic heterocycles. The van der Waals surface area contributed by atoms with Crippen molar-refractivity contribution in [2.45, 2.75) is 6.17 Å². The standard InChI is InChI=1S/C23H22N2O4/c1-28-19-10-8-17(21(26)12-19)14-24-23(16-6-4-3-5-7-16)25-15-18-9-11-20(29-2)13-22(18)27/h3-15,23,26-27H,1-2H3/b24-14+,25-15+. The molecule has 3 aromatic rings. The zero-order valence-electron chi connectivity index (χ0n) is 16.2. The summed E-state index contributed by atoms with van der Waals surface area (Å²) in [6.07, 6.45) is 2.59. The average Bonchev–Trinajstić information content (AvgIpc) is 2.75. The van der Waals surface area contributed by atoms with Gasteiger partial charge in [0.15, 0.2) is 6.17 Å². The Bertz CT molecular complexity index is 953. The van der Waals surface area contributed by atoms with Gasteiger partial charge in [0.05, 0.1) is 14.2 Å². The summed E-state index contributed by atoms with van der Waals surface area (Å²) < 4.78 is 10.2. The summed E-state index contributed by atoms with van der Waals surface area (Å²) in [6.45, 7) is 0. The molecule has 148 valence electrons. The molecule has 0 bridgehead atoms. The van der Waals surface area contributed by atoms with Crippen LogP contribution in [0.3, 0.4) is 0 Å². The number of aliphatic imine (C=N–C) groups is 2. The molecule has 0 aliphatic carbocycles. The molecule has 0 fully saturated rings. The molecule has 29 heavy (non-hydrogen) atoms. The van der Waals surface area contributed by atoms with Gasteiger partial charge in [-0.15, -0.1) is 0 Å². The first-order valence-corrected chi connectivity index (χ1v) is 8.96. The first-order valence-electron chi connectivity index (χ1n) is 8.96. The number of benzene rings is 3. The number of hydrogen-bond donors (Lipinski definition) is 2. The van der Waals surface area contributed by atoms with Gasteiger partial charge in [0, 0.05) is 35.7 Å². The van der Waals surface area contributed by atoms with Crippen molar-refractivity contribution in [1.82, 2.24) is 0 Å². The number of phenolic OH excluding ortho intramolecular Hbond substituents is 2. The van der Waals surface area contributed by atoms with E-state index >= 15 is 0 Å². The molecule has 0 saturated carbocycles. The SMILES string of the molecule is COc1ccc(/C=N/C(/N=C/c2ccc(OC)cc2O)c2ccccc2)c(O)c1. The lowest BCUT2D eigenvalue weighted by atomic mass is 10.1. The predicted octanol–water partition coefficient (Wildman–Crippen LogP) is 4.35. The molecule has 0 unspecified atom stereocenters. The molecule has 0 aliphatic rings. The smallest absolute Gasteiger partial charge is 0.165 e. The molecular weight excluding hydrogens is 368 g/mol. The third-order valence-electron chi connectivity index (χ3n) is 4.28. The number of phenols is 2. The van der Waals surface area contributed by atoms with Gasteiger partial charge in [-0.3, -0.25) is 9.98 Å². The number of methoxy groups -OCH3 is 2. The Hall–Kier alpha value is -3.80. The maximum Gasteiger partial charge on any atom is 0.165 e. The van der Waals surface area contributed by atoms with Crippen molar-refractivity contribution < 1.29 is 19.7 Å². The lowest BCUT2D eigenvalue weighted by molar-refractivity contribution is 0.407. The molecule has 0 amide bonds. The van der Waals surface area contributed by atoms with Gasteiger partial charge < -0.3 is 19.7 Å². The molecule has 0 saturated heterocycles. The highest BCUT2D eigenvalue weighted by Crippen LogP contribution is 2.25. The second-order valence-electron chi connectivity index (χ2n) is 6.19. The van der Waals surface area contributed by atoms with Crippen molar-refractivity contribution >= 4 is 12.4 Å². The molecule has 0 spiro atoms. The van der Waals surface area contributed by atoms with Crippen LogP contribution in [0, 0.1) is 0 Å². The van der Waals surface area contributed by atoms with E-state index in [2.05, 4.69) is 9.98 Å². The number of hydrogen-bond acceptors (Lipinski definition) is 6. The third-order valence-corrected chi connectivity index (χ3v) is 4.28. The van der Waals surface area contributed by atoms with E-state index in [-0.39, 0.29) is 11.5 Å². The molecule has 0 aliphatic heterocycles. The monoisotopic (exact) mass is 390 g/mol. The Morgan fingerprint density at radius 2 is 1.21 bits per heavy atom. The zero-order valence-corrected chi connectivity index (χ0v) is 16.2. The summed E-state index contributed by atoms with van der Waals surface area (Å²) in [7, 11) is 3.08. The van der Waals surface area contributed by atoms with Crippen LogP contribution in [0.15, 0.2) is 76.7 Å². The normalized spacial score (nSPS) is 11.4. The highest BCUT2D eigenvalue weighted by Gasteiger charge is 2.08. The average molecular weight is 390 g/mol. The Kier molecular flexibility index (Phi) is 6.47. The van der Waals surface area contributed by atoms with Crippen LogP contribution in [0.4, 0.5) is 0 Å². The Labute approximate surface area is 169 Å². The van der Waals surface area contributed by atoms with Crippen LogP contribution < -0.4 is 9.47 Å². The highest BCUT2D eigenvalue weighted by atomic mass is 16.5. The minimum atomic E-state index is -0.542. The van der Waals surface area contributed by atoms with Crippen LogP contribution >= 0.6 is 0 Å². The second-order valence-corrected chi connectivity index (χ2v) is 6.19. The van der Waals surface area contributed by atoms with Crippen LogP contribution in [0.2, 0.25) is 0 Å². The van der Waals surface area contributed by atoms with Gasteiger partial charge in [-0.2, -0.15) is 0 Å². The fourth-order valence-corrected chi connectivity index (χ4v) is 2.66. The largest absolute Gasteiger partial charge is 0.507 e. The van der Waals surface area contributed by atoms with Gasteiger partial charge in [-0.05, 0) is 29.8 Å². The van der Waals surface area contributed by atoms with Crippen LogP contribution in [0.1, 0.15) is 22.9 Å². The van der Waals surface area contributed by atoms with Crippen molar-refractivity contribution in [2.24, 2.45) is 9.98 Å². The summed E-state index contributed by atoms with van der Waals surface area (Å²) >= 11 is 0. The van der Waals surface area contributed by atoms with Gasteiger partial charge in [0.25, 0.3) is 0 Å². The second kappa shape index (κ2) is 9.41. The van der Waals surface area contributed by atoms with Crippen LogP contribution in [0.25, 0.3) is 0 Å². The predicted molar refractivity (Wildman–Crippen MR) is 114 cm³/mol. The van der Waals surface area contributed by atoms with E-state index in [0.29, 0.717) is 22.6 Å². The summed E-state index contributed by atoms with van der Waals surface area (Å²) in [5.41, 5.74) is 1.98. The Morgan fingerprint density at radius 1 is 0.724 bits per heavy atom. The minimum Gasteiger partial charge on any atom is -0.507 e. The molecule has 0 atom stereocenters. The summed E-state index contributed by atoms with van der Waals surface area (Å²) in [5.74, 6) is 1.26. The van der Waals surface area contributed by atoms with Crippen molar-refractivity contribution in [3.63, 3.8) is 0 Å². The van der Waals surface area contributed by atoms with Crippen LogP contribution in [0.5, 0.6) is 23.0 Å². The van der Waals surface area contributed by atoms with Gasteiger partial charge in [0.1, 0.15) is 23.0 Å². The number of aromatic hydroxyl groups is 2. The molecule has 2 N–H and O–H groups in total. The molecular formula is C23H22N2O4. The maximum atomic E-state index is 10.1. The number of ether oxygens (including phenoxy) is 2. The van der Waals surface area contributed by atoms with Crippen molar-refractivity contribution in [3.05, 3.63) is 83.4 Å². The molecule has 3 aromatic carbocycles. The first-order chi connectivity index (χ1) is 14.1. The van der Waals surface area contributed by atoms with E-state index < -0.39 is 6.17 Å². The maximum absolute atomic E-state index is 10.1. The van der Waals surface area contributed by atoms with Crippen molar-refractivity contribution in [2.75, 3.05) is 14.2 Å². The van der Waals surface area contributed by atoms with E-state index in [1.165, 1.54) is 26.4 Å². The molecule has 0 heterocycles. The quantitative estimate of drug-likeness (QED) is 0.588. The number of rotatable bonds is 7. The highest BCUT2D eigenvalue weighted by molar-refractivity contribution is 5.85. The molecule has 6 heteroatoms. The van der Waals surface area contributed by atoms with E-state index in [1.807, 2.05) is 30.3 Å². The zero-order chi connectivity index (χ0) is 20.6. The van der Waals surface area contributed by atoms with Crippen LogP contribution in [-0.4, -0.2) is 36.9 Å². The van der Waals surface area contributed by atoms with Crippen molar-refractivity contribution in [3.8, 4) is 23.0 Å². The fraction of sp³-hybridized carbons (Fsp3) is 0.130. The number of nitrogens with zero attached hydrogens (tertiary/aromatic N) is 2. The summed E-state index contributed by atoms with van der Waals surface area (Å²) in [5, 5.41) is 20.3. The fourth-order valence-electron chi connectivity index (χ4n) is 2.66. The van der Waals surface area contributed by atoms with Crippen LogP contribution in [-0.2, 0) is 0 Å². The van der Waals surface area contributed by atoms with E-state index in [0.717, 1.165) is 5.56 Å². The molecule has 3 rings (SSSR count). The van der Waals surface area contributed by atoms with Gasteiger partial charge >= 0.3 is 0 Å². The van der Waals surface area contributed by atoms with Gasteiger partial charge in [-0.1, -0.05) is 30.3 Å². The molecule has 6 nitrogen and oxygen atoms in total. The van der Waals surface area contributed by atoms with Crippen molar-refractivity contribution in [1.29, 1.82) is 0 Å². The lowest BCUT2D eigenvalue weighted by Gasteiger charge is -2.09. The lowest BCUT2D eigenvalue weighted by Crippen LogP contribution is -1.96.